The van der Waals surface area contributed by atoms with Crippen LogP contribution < -0.4 is 0 Å². The molecule has 0 aliphatic rings. The SMILES string of the molecule is CC[N+](=NOC=O)OC=O. The van der Waals surface area contributed by atoms with Crippen molar-refractivity contribution < 1.29 is 24.1 Å². The van der Waals surface area contributed by atoms with Crippen LogP contribution >= 0.6 is 0 Å². The van der Waals surface area contributed by atoms with Crippen LogP contribution in [0.25, 0.3) is 0 Å². The Morgan fingerprint density at radius 2 is 2.20 bits per heavy atom. The minimum Gasteiger partial charge on any atom is -0.268 e. The fourth-order valence-electron chi connectivity index (χ4n) is 0.273. The van der Waals surface area contributed by atoms with Gasteiger partial charge in [0.1, 0.15) is 4.86 Å². The number of carbonyl (C=O) groups is 2. The number of hydrogen-bond acceptors (Lipinski definition) is 5. The lowest BCUT2D eigenvalue weighted by molar-refractivity contribution is -0.817. The Morgan fingerprint density at radius 3 is 2.60 bits per heavy atom. The first-order valence-corrected chi connectivity index (χ1v) is 2.53. The molecule has 0 fully saturated rings. The summed E-state index contributed by atoms with van der Waals surface area (Å²) >= 11 is 0. The van der Waals surface area contributed by atoms with Gasteiger partial charge < -0.3 is 0 Å². The van der Waals surface area contributed by atoms with E-state index in [-0.39, 0.29) is 12.9 Å². The summed E-state index contributed by atoms with van der Waals surface area (Å²) in [5, 5.41) is 3.06. The molecule has 0 aromatic heterocycles. The average Bonchev–Trinajstić information content (AvgIpc) is 1.98. The first kappa shape index (κ1) is 8.54. The topological polar surface area (TPSA) is 68.0 Å². The summed E-state index contributed by atoms with van der Waals surface area (Å²) in [6, 6.07) is 0. The molecule has 0 N–H and O–H groups in total. The fourth-order valence-corrected chi connectivity index (χ4v) is 0.273. The zero-order valence-corrected chi connectivity index (χ0v) is 5.39. The normalized spacial score (nSPS) is 10.3. The molecule has 0 bridgehead atoms. The second kappa shape index (κ2) is 5.67. The van der Waals surface area contributed by atoms with Crippen molar-refractivity contribution in [3.05, 3.63) is 0 Å². The molecule has 0 aliphatic carbocycles. The third-order valence-corrected chi connectivity index (χ3v) is 0.616. The molecule has 0 aromatic rings. The van der Waals surface area contributed by atoms with Gasteiger partial charge in [-0.3, -0.25) is 9.63 Å². The lowest BCUT2D eigenvalue weighted by Gasteiger charge is -1.84. The second-order valence-electron chi connectivity index (χ2n) is 1.15. The molecular weight excluding hydrogens is 140 g/mol. The lowest BCUT2D eigenvalue weighted by atomic mass is 10.8. The average molecular weight is 147 g/mol. The van der Waals surface area contributed by atoms with Crippen LogP contribution in [-0.4, -0.2) is 24.3 Å². The summed E-state index contributed by atoms with van der Waals surface area (Å²) in [5.41, 5.74) is 0. The summed E-state index contributed by atoms with van der Waals surface area (Å²) in [6.07, 6.45) is 0. The smallest absolute Gasteiger partial charge is 0.268 e. The molecule has 56 valence electrons. The van der Waals surface area contributed by atoms with Crippen LogP contribution in [0.2, 0.25) is 0 Å². The van der Waals surface area contributed by atoms with Crippen molar-refractivity contribution >= 4 is 12.9 Å². The summed E-state index contributed by atoms with van der Waals surface area (Å²) in [6.45, 7) is 2.28. The van der Waals surface area contributed by atoms with E-state index >= 15 is 0 Å². The minimum absolute atomic E-state index is 0.122. The maximum absolute atomic E-state index is 9.67. The third kappa shape index (κ3) is 3.53. The van der Waals surface area contributed by atoms with Crippen molar-refractivity contribution in [3.63, 3.8) is 0 Å². The van der Waals surface area contributed by atoms with Crippen molar-refractivity contribution in [3.8, 4) is 0 Å². The van der Waals surface area contributed by atoms with Gasteiger partial charge in [-0.2, -0.15) is 4.84 Å². The summed E-state index contributed by atoms with van der Waals surface area (Å²) in [5.74, 6) is 0. The predicted molar refractivity (Wildman–Crippen MR) is 27.5 cm³/mol. The van der Waals surface area contributed by atoms with E-state index in [1.54, 1.807) is 6.92 Å². The number of hydroxylamine groups is 1. The highest BCUT2D eigenvalue weighted by Gasteiger charge is 2.02. The van der Waals surface area contributed by atoms with Gasteiger partial charge in [0, 0.05) is 6.92 Å². The molecule has 0 aromatic carbocycles. The first-order chi connectivity index (χ1) is 4.85. The molecule has 0 radical (unpaired) electrons. The minimum atomic E-state index is 0.122. The van der Waals surface area contributed by atoms with Gasteiger partial charge in [-0.1, -0.05) is 0 Å². The zero-order chi connectivity index (χ0) is 7.82. The van der Waals surface area contributed by atoms with Crippen LogP contribution in [0.5, 0.6) is 0 Å². The Labute approximate surface area is 56.9 Å². The highest BCUT2D eigenvalue weighted by molar-refractivity contribution is 5.36. The van der Waals surface area contributed by atoms with E-state index in [9.17, 15) is 9.59 Å². The largest absolute Gasteiger partial charge is 0.371 e. The molecule has 0 aliphatic heterocycles. The molecule has 0 unspecified atom stereocenters. The van der Waals surface area contributed by atoms with E-state index in [0.29, 0.717) is 6.54 Å². The van der Waals surface area contributed by atoms with Crippen molar-refractivity contribution in [2.45, 2.75) is 6.92 Å². The molecule has 6 nitrogen and oxygen atoms in total. The molecule has 0 saturated heterocycles. The molecular formula is C4H7N2O4+. The van der Waals surface area contributed by atoms with Gasteiger partial charge >= 0.3 is 12.9 Å². The predicted octanol–water partition coefficient (Wildman–Crippen LogP) is -0.353. The number of hydrogen-bond donors (Lipinski definition) is 0. The highest BCUT2D eigenvalue weighted by atomic mass is 16.8. The summed E-state index contributed by atoms with van der Waals surface area (Å²) in [4.78, 5) is 28.2. The van der Waals surface area contributed by atoms with Crippen LogP contribution in [-0.2, 0) is 19.3 Å². The van der Waals surface area contributed by atoms with Gasteiger partial charge in [0.25, 0.3) is 0 Å². The zero-order valence-electron chi connectivity index (χ0n) is 5.39. The molecule has 0 saturated carbocycles. The van der Waals surface area contributed by atoms with Crippen molar-refractivity contribution in [2.75, 3.05) is 6.54 Å². The Kier molecular flexibility index (Phi) is 4.84. The van der Waals surface area contributed by atoms with E-state index in [1.807, 2.05) is 0 Å². The van der Waals surface area contributed by atoms with E-state index in [0.717, 1.165) is 4.86 Å². The molecule has 6 heteroatoms. The van der Waals surface area contributed by atoms with Gasteiger partial charge in [-0.05, 0) is 0 Å². The molecule has 0 spiro atoms. The fraction of sp³-hybridized carbons (Fsp3) is 0.500. The van der Waals surface area contributed by atoms with E-state index < -0.39 is 0 Å². The van der Waals surface area contributed by atoms with Gasteiger partial charge in [-0.25, -0.2) is 4.79 Å². The standard InChI is InChI=1S/C4H7N2O4/c1-2-6(10-4-8)5-9-3-7/h3-4H,2H2,1H3/q+1. The van der Waals surface area contributed by atoms with Crippen molar-refractivity contribution in [1.29, 1.82) is 0 Å². The van der Waals surface area contributed by atoms with Crippen LogP contribution in [0.3, 0.4) is 0 Å². The van der Waals surface area contributed by atoms with Gasteiger partial charge in [-0.15, -0.1) is 0 Å². The Hall–Kier alpha value is -1.46. The molecule has 0 atom stereocenters. The quantitative estimate of drug-likeness (QED) is 0.230. The highest BCUT2D eigenvalue weighted by Crippen LogP contribution is 1.78. The molecule has 0 heterocycles. The first-order valence-electron chi connectivity index (χ1n) is 2.53. The Balaban J connectivity index is 3.76. The van der Waals surface area contributed by atoms with E-state index in [4.69, 9.17) is 0 Å². The van der Waals surface area contributed by atoms with Gasteiger partial charge in [0.2, 0.25) is 11.8 Å². The maximum atomic E-state index is 9.67. The van der Waals surface area contributed by atoms with E-state index in [1.165, 1.54) is 0 Å². The summed E-state index contributed by atoms with van der Waals surface area (Å²) in [7, 11) is 0. The Bertz CT molecular complexity index is 144. The van der Waals surface area contributed by atoms with Crippen molar-refractivity contribution in [1.82, 2.24) is 0 Å². The van der Waals surface area contributed by atoms with Crippen molar-refractivity contribution in [2.24, 2.45) is 5.28 Å². The third-order valence-electron chi connectivity index (χ3n) is 0.616. The van der Waals surface area contributed by atoms with E-state index in [2.05, 4.69) is 15.0 Å². The van der Waals surface area contributed by atoms with Crippen LogP contribution in [0, 0.1) is 0 Å². The van der Waals surface area contributed by atoms with Crippen LogP contribution in [0.4, 0.5) is 0 Å². The van der Waals surface area contributed by atoms with Gasteiger partial charge in [0.15, 0.2) is 0 Å². The lowest BCUT2D eigenvalue weighted by Crippen LogP contribution is -2.09. The molecule has 0 rings (SSSR count). The number of carbonyl (C=O) groups excluding carboxylic acids is 2. The summed E-state index contributed by atoms with van der Waals surface area (Å²) < 4.78 is 0. The number of rotatable bonds is 5. The van der Waals surface area contributed by atoms with Crippen LogP contribution in [0.15, 0.2) is 5.28 Å². The molecule has 10 heavy (non-hydrogen) atoms. The molecule has 0 amide bonds. The Morgan fingerprint density at radius 1 is 1.50 bits per heavy atom. The monoisotopic (exact) mass is 147 g/mol. The number of nitrogens with zero attached hydrogens (tertiary/aromatic N) is 2. The van der Waals surface area contributed by atoms with Gasteiger partial charge in [0.05, 0.1) is 0 Å². The van der Waals surface area contributed by atoms with Crippen LogP contribution in [0.1, 0.15) is 6.92 Å². The second-order valence-corrected chi connectivity index (χ2v) is 1.15. The maximum Gasteiger partial charge on any atom is 0.371 e.